The number of anilines is 1. The summed E-state index contributed by atoms with van der Waals surface area (Å²) in [5.41, 5.74) is 0.671. The molecule has 0 saturated heterocycles. The fourth-order valence-electron chi connectivity index (χ4n) is 1.38. The molecule has 2 rings (SSSR count). The van der Waals surface area contributed by atoms with Crippen LogP contribution in [0.2, 0.25) is 0 Å². The largest absolute Gasteiger partial charge is 0.378 e. The van der Waals surface area contributed by atoms with Crippen molar-refractivity contribution in [2.45, 2.75) is 6.54 Å². The maximum absolute atomic E-state index is 13.5. The predicted molar refractivity (Wildman–Crippen MR) is 74.0 cm³/mol. The summed E-state index contributed by atoms with van der Waals surface area (Å²) in [6.07, 6.45) is 1.46. The van der Waals surface area contributed by atoms with Gasteiger partial charge in [0.15, 0.2) is 0 Å². The summed E-state index contributed by atoms with van der Waals surface area (Å²) >= 11 is 6.42. The molecule has 0 atom stereocenters. The number of hydrogen-bond donors (Lipinski definition) is 2. The molecule has 0 bridgehead atoms. The molecule has 7 heteroatoms. The van der Waals surface area contributed by atoms with Crippen LogP contribution >= 0.6 is 31.9 Å². The van der Waals surface area contributed by atoms with Gasteiger partial charge in [-0.25, -0.2) is 9.49 Å². The maximum Gasteiger partial charge on any atom is 0.280 e. The Bertz CT molecular complexity index is 630. The summed E-state index contributed by atoms with van der Waals surface area (Å²) in [5, 5.41) is 8.90. The van der Waals surface area contributed by atoms with E-state index in [1.165, 1.54) is 12.3 Å². The lowest BCUT2D eigenvalue weighted by Crippen LogP contribution is -2.12. The number of benzene rings is 1. The lowest BCUT2D eigenvalue weighted by molar-refractivity contribution is 0.612. The van der Waals surface area contributed by atoms with Crippen molar-refractivity contribution in [1.29, 1.82) is 0 Å². The Morgan fingerprint density at radius 1 is 1.39 bits per heavy atom. The van der Waals surface area contributed by atoms with E-state index in [0.29, 0.717) is 15.7 Å². The summed E-state index contributed by atoms with van der Waals surface area (Å²) in [7, 11) is 0. The van der Waals surface area contributed by atoms with Crippen LogP contribution in [0.25, 0.3) is 0 Å². The van der Waals surface area contributed by atoms with Gasteiger partial charge in [0.1, 0.15) is 10.3 Å². The van der Waals surface area contributed by atoms with Crippen molar-refractivity contribution in [1.82, 2.24) is 10.2 Å². The van der Waals surface area contributed by atoms with Crippen molar-refractivity contribution in [3.8, 4) is 0 Å². The molecule has 0 spiro atoms. The highest BCUT2D eigenvalue weighted by molar-refractivity contribution is 9.10. The third-order valence-electron chi connectivity index (χ3n) is 2.27. The highest BCUT2D eigenvalue weighted by atomic mass is 79.9. The molecule has 0 aliphatic rings. The molecule has 0 fully saturated rings. The second kappa shape index (κ2) is 5.62. The van der Waals surface area contributed by atoms with Crippen molar-refractivity contribution < 1.29 is 4.39 Å². The van der Waals surface area contributed by atoms with Crippen LogP contribution in [-0.2, 0) is 6.54 Å². The normalized spacial score (nSPS) is 10.4. The van der Waals surface area contributed by atoms with Gasteiger partial charge in [-0.3, -0.25) is 4.79 Å². The van der Waals surface area contributed by atoms with E-state index in [0.717, 1.165) is 4.47 Å². The first-order chi connectivity index (χ1) is 8.58. The average Bonchev–Trinajstić information content (AvgIpc) is 2.35. The SMILES string of the molecule is O=c1[nH]ncc(NCc2cc(Br)ccc2F)c1Br. The molecule has 18 heavy (non-hydrogen) atoms. The first-order valence-electron chi connectivity index (χ1n) is 4.99. The second-order valence-corrected chi connectivity index (χ2v) is 5.22. The zero-order valence-electron chi connectivity index (χ0n) is 9.01. The van der Waals surface area contributed by atoms with Gasteiger partial charge >= 0.3 is 0 Å². The minimum absolute atomic E-state index is 0.259. The molecule has 1 heterocycles. The molecule has 4 nitrogen and oxygen atoms in total. The molecular formula is C11H8Br2FN3O. The fourth-order valence-corrected chi connectivity index (χ4v) is 2.12. The number of nitrogens with zero attached hydrogens (tertiary/aromatic N) is 1. The summed E-state index contributed by atoms with van der Waals surface area (Å²) in [5.74, 6) is -0.306. The molecule has 0 aliphatic carbocycles. The number of H-pyrrole nitrogens is 1. The smallest absolute Gasteiger partial charge is 0.280 e. The van der Waals surface area contributed by atoms with Gasteiger partial charge in [0.25, 0.3) is 5.56 Å². The number of aromatic nitrogens is 2. The molecule has 0 amide bonds. The quantitative estimate of drug-likeness (QED) is 0.865. The number of rotatable bonds is 3. The summed E-state index contributed by atoms with van der Waals surface area (Å²) < 4.78 is 14.6. The van der Waals surface area contributed by atoms with Crippen molar-refractivity contribution in [2.75, 3.05) is 5.32 Å². The highest BCUT2D eigenvalue weighted by Gasteiger charge is 2.06. The van der Waals surface area contributed by atoms with E-state index in [1.54, 1.807) is 12.1 Å². The first-order valence-corrected chi connectivity index (χ1v) is 6.57. The van der Waals surface area contributed by atoms with Crippen LogP contribution in [0.5, 0.6) is 0 Å². The van der Waals surface area contributed by atoms with Crippen molar-refractivity contribution >= 4 is 37.5 Å². The molecule has 0 radical (unpaired) electrons. The molecule has 2 aromatic rings. The topological polar surface area (TPSA) is 57.8 Å². The lowest BCUT2D eigenvalue weighted by Gasteiger charge is -2.08. The van der Waals surface area contributed by atoms with Gasteiger partial charge in [-0.1, -0.05) is 15.9 Å². The highest BCUT2D eigenvalue weighted by Crippen LogP contribution is 2.19. The van der Waals surface area contributed by atoms with E-state index in [1.807, 2.05) is 0 Å². The number of hydrogen-bond acceptors (Lipinski definition) is 3. The summed E-state index contributed by atoms with van der Waals surface area (Å²) in [6, 6.07) is 4.69. The predicted octanol–water partition coefficient (Wildman–Crippen LogP) is 3.05. The van der Waals surface area contributed by atoms with E-state index in [4.69, 9.17) is 0 Å². The van der Waals surface area contributed by atoms with Crippen LogP contribution < -0.4 is 10.9 Å². The van der Waals surface area contributed by atoms with Crippen molar-refractivity contribution in [2.24, 2.45) is 0 Å². The van der Waals surface area contributed by atoms with Crippen LogP contribution in [0.15, 0.2) is 38.1 Å². The van der Waals surface area contributed by atoms with E-state index < -0.39 is 0 Å². The number of nitrogens with one attached hydrogen (secondary N) is 2. The van der Waals surface area contributed by atoms with Crippen LogP contribution in [0.4, 0.5) is 10.1 Å². The molecule has 0 unspecified atom stereocenters. The zero-order valence-corrected chi connectivity index (χ0v) is 12.2. The van der Waals surface area contributed by atoms with E-state index in [-0.39, 0.29) is 17.9 Å². The van der Waals surface area contributed by atoms with E-state index >= 15 is 0 Å². The molecule has 2 N–H and O–H groups in total. The first kappa shape index (κ1) is 13.2. The van der Waals surface area contributed by atoms with Gasteiger partial charge in [-0.2, -0.15) is 5.10 Å². The van der Waals surface area contributed by atoms with Crippen LogP contribution in [0, 0.1) is 5.82 Å². The van der Waals surface area contributed by atoms with Crippen molar-refractivity contribution in [3.63, 3.8) is 0 Å². The third kappa shape index (κ3) is 2.97. The minimum atomic E-state index is -0.338. The van der Waals surface area contributed by atoms with Crippen LogP contribution in [0.1, 0.15) is 5.56 Å². The summed E-state index contributed by atoms with van der Waals surface area (Å²) in [6.45, 7) is 0.259. The Hall–Kier alpha value is -1.21. The van der Waals surface area contributed by atoms with E-state index in [2.05, 4.69) is 47.4 Å². The average molecular weight is 377 g/mol. The molecule has 0 saturated carbocycles. The Balaban J connectivity index is 2.19. The van der Waals surface area contributed by atoms with E-state index in [9.17, 15) is 9.18 Å². The lowest BCUT2D eigenvalue weighted by atomic mass is 10.2. The van der Waals surface area contributed by atoms with Gasteiger partial charge < -0.3 is 5.32 Å². The molecular weight excluding hydrogens is 369 g/mol. The van der Waals surface area contributed by atoms with Crippen LogP contribution in [-0.4, -0.2) is 10.2 Å². The van der Waals surface area contributed by atoms with Crippen LogP contribution in [0.3, 0.4) is 0 Å². The zero-order chi connectivity index (χ0) is 13.1. The fraction of sp³-hybridized carbons (Fsp3) is 0.0909. The standard InChI is InChI=1S/C11H8Br2FN3O/c12-7-1-2-8(14)6(3-7)4-15-9-5-16-17-11(18)10(9)13/h1-3,5H,4H2,(H2,15,17,18). The molecule has 1 aromatic carbocycles. The molecule has 94 valence electrons. The second-order valence-electron chi connectivity index (χ2n) is 3.52. The van der Waals surface area contributed by atoms with Gasteiger partial charge in [0.2, 0.25) is 0 Å². The summed E-state index contributed by atoms with van der Waals surface area (Å²) in [4.78, 5) is 11.3. The Kier molecular flexibility index (Phi) is 4.13. The Morgan fingerprint density at radius 3 is 2.94 bits per heavy atom. The number of aromatic amines is 1. The maximum atomic E-state index is 13.5. The monoisotopic (exact) mass is 375 g/mol. The van der Waals surface area contributed by atoms with Gasteiger partial charge in [-0.15, -0.1) is 0 Å². The number of halogens is 3. The van der Waals surface area contributed by atoms with Gasteiger partial charge in [-0.05, 0) is 34.1 Å². The molecule has 1 aromatic heterocycles. The van der Waals surface area contributed by atoms with Gasteiger partial charge in [0, 0.05) is 16.6 Å². The van der Waals surface area contributed by atoms with Crippen molar-refractivity contribution in [3.05, 3.63) is 55.1 Å². The molecule has 0 aliphatic heterocycles. The third-order valence-corrected chi connectivity index (χ3v) is 3.55. The Labute approximate surface area is 119 Å². The van der Waals surface area contributed by atoms with Gasteiger partial charge in [0.05, 0.1) is 11.9 Å². The minimum Gasteiger partial charge on any atom is -0.378 e. The Morgan fingerprint density at radius 2 is 2.17 bits per heavy atom.